The summed E-state index contributed by atoms with van der Waals surface area (Å²) >= 11 is 0. The van der Waals surface area contributed by atoms with Crippen molar-refractivity contribution in [1.29, 1.82) is 0 Å². The first-order valence-corrected chi connectivity index (χ1v) is 5.37. The summed E-state index contributed by atoms with van der Waals surface area (Å²) in [5.41, 5.74) is 3.91. The Morgan fingerprint density at radius 1 is 1.21 bits per heavy atom. The minimum absolute atomic E-state index is 0.829. The minimum Gasteiger partial charge on any atom is -0.493 e. The Morgan fingerprint density at radius 2 is 1.93 bits per heavy atom. The fraction of sp³-hybridized carbons (Fsp3) is 0.538. The van der Waals surface area contributed by atoms with Crippen molar-refractivity contribution in [2.75, 3.05) is 6.61 Å². The molecule has 0 N–H and O–H groups in total. The van der Waals surface area contributed by atoms with Crippen LogP contribution in [0.1, 0.15) is 29.5 Å². The summed E-state index contributed by atoms with van der Waals surface area (Å²) in [4.78, 5) is 0. The largest absolute Gasteiger partial charge is 0.493 e. The quantitative estimate of drug-likeness (QED) is 0.709. The van der Waals surface area contributed by atoms with E-state index in [0.717, 1.165) is 18.3 Å². The normalized spacial score (nSPS) is 15.6. The van der Waals surface area contributed by atoms with Crippen LogP contribution >= 0.6 is 0 Å². The van der Waals surface area contributed by atoms with Gasteiger partial charge in [0.25, 0.3) is 0 Å². The molecule has 14 heavy (non-hydrogen) atoms. The third-order valence-corrected chi connectivity index (χ3v) is 2.94. The second kappa shape index (κ2) is 3.64. The molecule has 0 saturated heterocycles. The highest BCUT2D eigenvalue weighted by Gasteiger charge is 2.22. The molecule has 1 nitrogen and oxygen atoms in total. The van der Waals surface area contributed by atoms with Gasteiger partial charge < -0.3 is 4.74 Å². The maximum absolute atomic E-state index is 5.82. The lowest BCUT2D eigenvalue weighted by Gasteiger charge is -2.11. The Labute approximate surface area is 86.1 Å². The summed E-state index contributed by atoms with van der Waals surface area (Å²) in [6, 6.07) is 4.35. The van der Waals surface area contributed by atoms with Gasteiger partial charge in [-0.15, -0.1) is 0 Å². The lowest BCUT2D eigenvalue weighted by molar-refractivity contribution is 0.297. The maximum atomic E-state index is 5.82. The first kappa shape index (κ1) is 9.57. The smallest absolute Gasteiger partial charge is 0.122 e. The first-order chi connectivity index (χ1) is 6.66. The summed E-state index contributed by atoms with van der Waals surface area (Å²) < 4.78 is 5.82. The fourth-order valence-corrected chi connectivity index (χ4v) is 1.64. The second-order valence-electron chi connectivity index (χ2n) is 4.46. The van der Waals surface area contributed by atoms with Gasteiger partial charge in [0.2, 0.25) is 0 Å². The van der Waals surface area contributed by atoms with Crippen LogP contribution in [0.2, 0.25) is 0 Å². The van der Waals surface area contributed by atoms with Crippen LogP contribution in [0, 0.1) is 26.7 Å². The molecule has 1 aromatic rings. The highest BCUT2D eigenvalue weighted by atomic mass is 16.5. The van der Waals surface area contributed by atoms with E-state index in [2.05, 4.69) is 32.9 Å². The van der Waals surface area contributed by atoms with E-state index in [4.69, 9.17) is 4.74 Å². The molecule has 0 radical (unpaired) electrons. The van der Waals surface area contributed by atoms with Crippen molar-refractivity contribution >= 4 is 0 Å². The molecule has 1 saturated carbocycles. The summed E-state index contributed by atoms with van der Waals surface area (Å²) in [6.45, 7) is 7.31. The summed E-state index contributed by atoms with van der Waals surface area (Å²) in [5.74, 6) is 1.91. The Kier molecular flexibility index (Phi) is 2.49. The summed E-state index contributed by atoms with van der Waals surface area (Å²) in [5, 5.41) is 0. The second-order valence-corrected chi connectivity index (χ2v) is 4.46. The number of hydrogen-bond acceptors (Lipinski definition) is 1. The number of benzene rings is 1. The molecule has 0 bridgehead atoms. The van der Waals surface area contributed by atoms with E-state index < -0.39 is 0 Å². The zero-order valence-corrected chi connectivity index (χ0v) is 9.26. The van der Waals surface area contributed by atoms with Crippen molar-refractivity contribution < 1.29 is 4.74 Å². The van der Waals surface area contributed by atoms with E-state index in [0.29, 0.717) is 0 Å². The Hall–Kier alpha value is -0.980. The van der Waals surface area contributed by atoms with E-state index in [1.165, 1.54) is 29.5 Å². The zero-order valence-electron chi connectivity index (χ0n) is 9.26. The molecule has 0 aliphatic heterocycles. The average Bonchev–Trinajstić information content (AvgIpc) is 2.92. The Bertz CT molecular complexity index is 337. The van der Waals surface area contributed by atoms with Gasteiger partial charge in [-0.3, -0.25) is 0 Å². The molecule has 0 amide bonds. The van der Waals surface area contributed by atoms with Crippen molar-refractivity contribution in [3.63, 3.8) is 0 Å². The summed E-state index contributed by atoms with van der Waals surface area (Å²) in [6.07, 6.45) is 2.70. The molecular formula is C13H18O. The Balaban J connectivity index is 2.13. The van der Waals surface area contributed by atoms with Gasteiger partial charge in [0.05, 0.1) is 6.61 Å². The van der Waals surface area contributed by atoms with Crippen molar-refractivity contribution in [3.8, 4) is 5.75 Å². The van der Waals surface area contributed by atoms with Crippen LogP contribution in [0.15, 0.2) is 12.1 Å². The first-order valence-electron chi connectivity index (χ1n) is 5.37. The number of hydrogen-bond donors (Lipinski definition) is 0. The van der Waals surface area contributed by atoms with Gasteiger partial charge in [-0.05, 0) is 62.3 Å². The highest BCUT2D eigenvalue weighted by molar-refractivity contribution is 5.41. The van der Waals surface area contributed by atoms with Crippen molar-refractivity contribution in [2.45, 2.75) is 33.6 Å². The van der Waals surface area contributed by atoms with Crippen LogP contribution in [-0.2, 0) is 0 Å². The molecule has 2 rings (SSSR count). The molecule has 0 heterocycles. The van der Waals surface area contributed by atoms with Crippen LogP contribution in [0.25, 0.3) is 0 Å². The average molecular weight is 190 g/mol. The molecule has 1 fully saturated rings. The molecule has 1 aliphatic carbocycles. The van der Waals surface area contributed by atoms with Crippen LogP contribution in [0.5, 0.6) is 5.75 Å². The van der Waals surface area contributed by atoms with Gasteiger partial charge in [0.15, 0.2) is 0 Å². The van der Waals surface area contributed by atoms with Crippen molar-refractivity contribution in [1.82, 2.24) is 0 Å². The van der Waals surface area contributed by atoms with Crippen molar-refractivity contribution in [2.24, 2.45) is 5.92 Å². The van der Waals surface area contributed by atoms with Crippen molar-refractivity contribution in [3.05, 3.63) is 28.8 Å². The molecule has 76 valence electrons. The van der Waals surface area contributed by atoms with Crippen LogP contribution in [0.4, 0.5) is 0 Å². The lowest BCUT2D eigenvalue weighted by Crippen LogP contribution is -2.01. The SMILES string of the molecule is Cc1cc(C)c(C)c(OCC2CC2)c1. The van der Waals surface area contributed by atoms with Gasteiger partial charge >= 0.3 is 0 Å². The molecule has 0 atom stereocenters. The third-order valence-electron chi connectivity index (χ3n) is 2.94. The van der Waals surface area contributed by atoms with Gasteiger partial charge in [-0.2, -0.15) is 0 Å². The minimum atomic E-state index is 0.829. The Morgan fingerprint density at radius 3 is 2.57 bits per heavy atom. The van der Waals surface area contributed by atoms with Crippen LogP contribution in [-0.4, -0.2) is 6.61 Å². The number of aryl methyl sites for hydroxylation is 2. The van der Waals surface area contributed by atoms with E-state index in [-0.39, 0.29) is 0 Å². The highest BCUT2D eigenvalue weighted by Crippen LogP contribution is 2.31. The fourth-order valence-electron chi connectivity index (χ4n) is 1.64. The molecule has 0 spiro atoms. The van der Waals surface area contributed by atoms with E-state index in [1.54, 1.807) is 0 Å². The zero-order chi connectivity index (χ0) is 10.1. The maximum Gasteiger partial charge on any atom is 0.122 e. The van der Waals surface area contributed by atoms with Gasteiger partial charge in [-0.1, -0.05) is 6.07 Å². The molecule has 0 unspecified atom stereocenters. The number of rotatable bonds is 3. The third kappa shape index (κ3) is 2.09. The molecule has 1 aliphatic rings. The van der Waals surface area contributed by atoms with E-state index >= 15 is 0 Å². The van der Waals surface area contributed by atoms with E-state index in [1.807, 2.05) is 0 Å². The van der Waals surface area contributed by atoms with Gasteiger partial charge in [0, 0.05) is 0 Å². The topological polar surface area (TPSA) is 9.23 Å². The molecule has 1 aromatic carbocycles. The van der Waals surface area contributed by atoms with Crippen LogP contribution < -0.4 is 4.74 Å². The van der Waals surface area contributed by atoms with Gasteiger partial charge in [0.1, 0.15) is 5.75 Å². The van der Waals surface area contributed by atoms with Gasteiger partial charge in [-0.25, -0.2) is 0 Å². The monoisotopic (exact) mass is 190 g/mol. The predicted molar refractivity (Wildman–Crippen MR) is 58.9 cm³/mol. The number of ether oxygens (including phenoxy) is 1. The molecular weight excluding hydrogens is 172 g/mol. The molecule has 1 heteroatoms. The summed E-state index contributed by atoms with van der Waals surface area (Å²) in [7, 11) is 0. The standard InChI is InChI=1S/C13H18O/c1-9-6-10(2)11(3)13(7-9)14-8-12-4-5-12/h6-7,12H,4-5,8H2,1-3H3. The lowest BCUT2D eigenvalue weighted by atomic mass is 10.1. The van der Waals surface area contributed by atoms with Crippen LogP contribution in [0.3, 0.4) is 0 Å². The van der Waals surface area contributed by atoms with E-state index in [9.17, 15) is 0 Å². The predicted octanol–water partition coefficient (Wildman–Crippen LogP) is 3.40. The molecule has 0 aromatic heterocycles.